The topological polar surface area (TPSA) is 72.2 Å². The molecule has 0 unspecified atom stereocenters. The molecule has 2 rings (SSSR count). The number of carbonyl (C=O) groups excluding carboxylic acids is 2. The van der Waals surface area contributed by atoms with Crippen molar-refractivity contribution in [1.82, 2.24) is 5.32 Å². The molecule has 0 aromatic heterocycles. The van der Waals surface area contributed by atoms with Crippen LogP contribution in [0.4, 0.5) is 0 Å². The van der Waals surface area contributed by atoms with Crippen LogP contribution in [0, 0.1) is 0 Å². The van der Waals surface area contributed by atoms with Crippen LogP contribution in [-0.4, -0.2) is 11.8 Å². The highest BCUT2D eigenvalue weighted by Gasteiger charge is 2.28. The van der Waals surface area contributed by atoms with E-state index >= 15 is 0 Å². The Morgan fingerprint density at radius 2 is 2.14 bits per heavy atom. The standard InChI is InChI=1S/C10H10N2O2/c11-9(13)5-8-6-3-1-2-4-7(6)10(14)12-8/h1-4,8H,5H2,(H2,11,13)(H,12,14)/t8-/m1/s1. The fraction of sp³-hybridized carbons (Fsp3) is 0.200. The lowest BCUT2D eigenvalue weighted by molar-refractivity contribution is -0.118. The molecule has 0 spiro atoms. The number of fused-ring (bicyclic) bond motifs is 1. The van der Waals surface area contributed by atoms with Crippen LogP contribution < -0.4 is 11.1 Å². The zero-order valence-electron chi connectivity index (χ0n) is 7.49. The van der Waals surface area contributed by atoms with E-state index < -0.39 is 5.91 Å². The number of nitrogens with two attached hydrogens (primary N) is 1. The summed E-state index contributed by atoms with van der Waals surface area (Å²) in [5.74, 6) is -0.543. The highest BCUT2D eigenvalue weighted by Crippen LogP contribution is 2.26. The molecule has 72 valence electrons. The van der Waals surface area contributed by atoms with Gasteiger partial charge >= 0.3 is 0 Å². The van der Waals surface area contributed by atoms with E-state index in [1.807, 2.05) is 12.1 Å². The maximum absolute atomic E-state index is 11.4. The lowest BCUT2D eigenvalue weighted by Gasteiger charge is -2.07. The molecule has 4 nitrogen and oxygen atoms in total. The van der Waals surface area contributed by atoms with E-state index in [0.717, 1.165) is 5.56 Å². The van der Waals surface area contributed by atoms with Crippen LogP contribution in [0.15, 0.2) is 24.3 Å². The molecule has 0 radical (unpaired) electrons. The summed E-state index contributed by atoms with van der Waals surface area (Å²) in [6.07, 6.45) is 0.156. The summed E-state index contributed by atoms with van der Waals surface area (Å²) in [5.41, 5.74) is 6.58. The monoisotopic (exact) mass is 190 g/mol. The molecule has 1 aliphatic heterocycles. The molecule has 1 aliphatic rings. The molecule has 4 heteroatoms. The fourth-order valence-corrected chi connectivity index (χ4v) is 1.68. The molecule has 3 N–H and O–H groups in total. The normalized spacial score (nSPS) is 18.9. The Morgan fingerprint density at radius 3 is 2.86 bits per heavy atom. The molecule has 1 aromatic carbocycles. The van der Waals surface area contributed by atoms with Gasteiger partial charge in [0.1, 0.15) is 0 Å². The van der Waals surface area contributed by atoms with Gasteiger partial charge in [-0.25, -0.2) is 0 Å². The van der Waals surface area contributed by atoms with Gasteiger partial charge in [-0.1, -0.05) is 18.2 Å². The average Bonchev–Trinajstić information content (AvgIpc) is 2.44. The summed E-state index contributed by atoms with van der Waals surface area (Å²) in [4.78, 5) is 22.1. The summed E-state index contributed by atoms with van der Waals surface area (Å²) in [6, 6.07) is 6.96. The van der Waals surface area contributed by atoms with Gasteiger partial charge in [0.05, 0.1) is 12.5 Å². The minimum Gasteiger partial charge on any atom is -0.370 e. The molecule has 14 heavy (non-hydrogen) atoms. The minimum absolute atomic E-state index is 0.133. The number of hydrogen-bond acceptors (Lipinski definition) is 2. The van der Waals surface area contributed by atoms with E-state index in [-0.39, 0.29) is 18.4 Å². The molecule has 0 aliphatic carbocycles. The zero-order valence-corrected chi connectivity index (χ0v) is 7.49. The number of carbonyl (C=O) groups is 2. The number of nitrogens with one attached hydrogen (secondary N) is 1. The largest absolute Gasteiger partial charge is 0.370 e. The first-order valence-corrected chi connectivity index (χ1v) is 4.36. The van der Waals surface area contributed by atoms with Crippen LogP contribution >= 0.6 is 0 Å². The maximum atomic E-state index is 11.4. The van der Waals surface area contributed by atoms with Crippen molar-refractivity contribution in [3.05, 3.63) is 35.4 Å². The van der Waals surface area contributed by atoms with Gasteiger partial charge < -0.3 is 11.1 Å². The molecular weight excluding hydrogens is 180 g/mol. The third-order valence-electron chi connectivity index (χ3n) is 2.29. The summed E-state index contributed by atoms with van der Waals surface area (Å²) in [7, 11) is 0. The Bertz CT molecular complexity index is 399. The van der Waals surface area contributed by atoms with Crippen LogP contribution in [0.3, 0.4) is 0 Å². The van der Waals surface area contributed by atoms with Gasteiger partial charge in [-0.15, -0.1) is 0 Å². The van der Waals surface area contributed by atoms with Gasteiger partial charge in [-0.05, 0) is 11.6 Å². The first kappa shape index (κ1) is 8.74. The van der Waals surface area contributed by atoms with Crippen molar-refractivity contribution in [2.24, 2.45) is 5.73 Å². The molecule has 0 saturated carbocycles. The summed E-state index contributed by atoms with van der Waals surface area (Å²) in [6.45, 7) is 0. The Balaban J connectivity index is 2.34. The van der Waals surface area contributed by atoms with Crippen LogP contribution in [0.5, 0.6) is 0 Å². The van der Waals surface area contributed by atoms with Crippen molar-refractivity contribution < 1.29 is 9.59 Å². The van der Waals surface area contributed by atoms with E-state index in [1.54, 1.807) is 12.1 Å². The Kier molecular flexibility index (Phi) is 1.96. The number of primary amides is 1. The van der Waals surface area contributed by atoms with Gasteiger partial charge in [0.2, 0.25) is 5.91 Å². The second kappa shape index (κ2) is 3.14. The van der Waals surface area contributed by atoms with Crippen molar-refractivity contribution in [1.29, 1.82) is 0 Å². The summed E-state index contributed by atoms with van der Waals surface area (Å²) >= 11 is 0. The van der Waals surface area contributed by atoms with Gasteiger partial charge in [0.25, 0.3) is 5.91 Å². The van der Waals surface area contributed by atoms with Crippen LogP contribution in [0.2, 0.25) is 0 Å². The van der Waals surface area contributed by atoms with Crippen LogP contribution in [-0.2, 0) is 4.79 Å². The third-order valence-corrected chi connectivity index (χ3v) is 2.29. The van der Waals surface area contributed by atoms with E-state index in [1.165, 1.54) is 0 Å². The van der Waals surface area contributed by atoms with E-state index in [0.29, 0.717) is 5.56 Å². The van der Waals surface area contributed by atoms with Crippen LogP contribution in [0.1, 0.15) is 28.4 Å². The van der Waals surface area contributed by atoms with Crippen LogP contribution in [0.25, 0.3) is 0 Å². The lowest BCUT2D eigenvalue weighted by atomic mass is 10.0. The SMILES string of the molecule is NC(=O)C[C@H]1NC(=O)c2ccccc21. The van der Waals surface area contributed by atoms with Gasteiger partial charge in [0.15, 0.2) is 0 Å². The predicted molar refractivity (Wildman–Crippen MR) is 50.5 cm³/mol. The molecule has 0 bridgehead atoms. The van der Waals surface area contributed by atoms with E-state index in [4.69, 9.17) is 5.73 Å². The van der Waals surface area contributed by atoms with Crippen molar-refractivity contribution in [2.45, 2.75) is 12.5 Å². The highest BCUT2D eigenvalue weighted by molar-refractivity contribution is 5.99. The van der Waals surface area contributed by atoms with Crippen molar-refractivity contribution in [2.75, 3.05) is 0 Å². The van der Waals surface area contributed by atoms with Gasteiger partial charge in [-0.2, -0.15) is 0 Å². The molecule has 2 amide bonds. The smallest absolute Gasteiger partial charge is 0.252 e. The number of hydrogen-bond donors (Lipinski definition) is 2. The number of rotatable bonds is 2. The molecule has 0 fully saturated rings. The van der Waals surface area contributed by atoms with Gasteiger partial charge in [-0.3, -0.25) is 9.59 Å². The zero-order chi connectivity index (χ0) is 10.1. The second-order valence-corrected chi connectivity index (χ2v) is 3.28. The first-order valence-electron chi connectivity index (χ1n) is 4.36. The molecule has 1 heterocycles. The Hall–Kier alpha value is -1.84. The minimum atomic E-state index is -0.410. The van der Waals surface area contributed by atoms with Crippen molar-refractivity contribution >= 4 is 11.8 Å². The predicted octanol–water partition coefficient (Wildman–Crippen LogP) is 0.346. The Morgan fingerprint density at radius 1 is 1.43 bits per heavy atom. The highest BCUT2D eigenvalue weighted by atomic mass is 16.2. The molecule has 1 aromatic rings. The number of amides is 2. The first-order chi connectivity index (χ1) is 6.68. The molecular formula is C10H10N2O2. The quantitative estimate of drug-likeness (QED) is 0.706. The van der Waals surface area contributed by atoms with E-state index in [2.05, 4.69) is 5.32 Å². The maximum Gasteiger partial charge on any atom is 0.252 e. The summed E-state index contributed by atoms with van der Waals surface area (Å²) < 4.78 is 0. The fourth-order valence-electron chi connectivity index (χ4n) is 1.68. The molecule has 0 saturated heterocycles. The lowest BCUT2D eigenvalue weighted by Crippen LogP contribution is -2.24. The molecule has 1 atom stereocenters. The average molecular weight is 190 g/mol. The van der Waals surface area contributed by atoms with Gasteiger partial charge in [0, 0.05) is 5.56 Å². The Labute approximate surface area is 81.1 Å². The van der Waals surface area contributed by atoms with E-state index in [9.17, 15) is 9.59 Å². The summed E-state index contributed by atoms with van der Waals surface area (Å²) in [5, 5.41) is 2.71. The third kappa shape index (κ3) is 1.35. The van der Waals surface area contributed by atoms with Crippen molar-refractivity contribution in [3.8, 4) is 0 Å². The second-order valence-electron chi connectivity index (χ2n) is 3.28. The van der Waals surface area contributed by atoms with Crippen molar-refractivity contribution in [3.63, 3.8) is 0 Å². The number of benzene rings is 1.